The smallest absolute Gasteiger partial charge is 0.223 e. The van der Waals surface area contributed by atoms with Crippen LogP contribution in [0.3, 0.4) is 0 Å². The number of nitrogens with zero attached hydrogens (tertiary/aromatic N) is 2. The zero-order valence-corrected chi connectivity index (χ0v) is 12.2. The first-order valence-electron chi connectivity index (χ1n) is 7.53. The van der Waals surface area contributed by atoms with E-state index in [0.717, 1.165) is 31.4 Å². The minimum atomic E-state index is -0.382. The summed E-state index contributed by atoms with van der Waals surface area (Å²) in [6.07, 6.45) is 5.95. The maximum atomic E-state index is 11.7. The third-order valence-corrected chi connectivity index (χ3v) is 4.08. The molecule has 1 aromatic heterocycles. The zero-order chi connectivity index (χ0) is 15.2. The van der Waals surface area contributed by atoms with Gasteiger partial charge in [-0.05, 0) is 12.8 Å². The first-order valence-corrected chi connectivity index (χ1v) is 7.53. The van der Waals surface area contributed by atoms with Gasteiger partial charge in [-0.3, -0.25) is 9.69 Å². The van der Waals surface area contributed by atoms with Crippen LogP contribution in [-0.4, -0.2) is 51.1 Å². The molecule has 1 aliphatic rings. The Bertz CT molecular complexity index is 503. The van der Waals surface area contributed by atoms with Crippen LogP contribution in [0.5, 0.6) is 5.75 Å². The van der Waals surface area contributed by atoms with Crippen molar-refractivity contribution in [2.24, 2.45) is 0 Å². The lowest BCUT2D eigenvalue weighted by Crippen LogP contribution is -2.31. The molecule has 3 N–H and O–H groups in total. The second-order valence-corrected chi connectivity index (χ2v) is 5.58. The van der Waals surface area contributed by atoms with Crippen molar-refractivity contribution >= 4 is 0 Å². The lowest BCUT2D eigenvalue weighted by atomic mass is 10.2. The highest BCUT2D eigenvalue weighted by Crippen LogP contribution is 2.31. The van der Waals surface area contributed by atoms with Gasteiger partial charge in [0, 0.05) is 37.4 Å². The van der Waals surface area contributed by atoms with Crippen molar-refractivity contribution in [3.8, 4) is 5.75 Å². The van der Waals surface area contributed by atoms with Gasteiger partial charge in [-0.2, -0.15) is 0 Å². The van der Waals surface area contributed by atoms with E-state index in [9.17, 15) is 9.90 Å². The Kier molecular flexibility index (Phi) is 5.78. The van der Waals surface area contributed by atoms with E-state index < -0.39 is 0 Å². The molecular formula is C15H24N2O4. The molecule has 1 heterocycles. The average Bonchev–Trinajstić information content (AvgIpc) is 2.97. The molecule has 1 fully saturated rings. The Balaban J connectivity index is 2.27. The number of pyridine rings is 1. The van der Waals surface area contributed by atoms with Crippen LogP contribution in [0.2, 0.25) is 0 Å². The molecule has 0 amide bonds. The van der Waals surface area contributed by atoms with Crippen LogP contribution < -0.4 is 5.43 Å². The quantitative estimate of drug-likeness (QED) is 0.680. The second-order valence-electron chi connectivity index (χ2n) is 5.58. The molecule has 6 heteroatoms. The molecule has 2 rings (SSSR count). The van der Waals surface area contributed by atoms with E-state index in [4.69, 9.17) is 10.2 Å². The molecule has 0 atom stereocenters. The van der Waals surface area contributed by atoms with Gasteiger partial charge in [-0.1, -0.05) is 12.8 Å². The highest BCUT2D eigenvalue weighted by molar-refractivity contribution is 5.21. The Morgan fingerprint density at radius 3 is 2.38 bits per heavy atom. The van der Waals surface area contributed by atoms with Crippen molar-refractivity contribution in [1.82, 2.24) is 9.47 Å². The number of aromatic nitrogens is 1. The summed E-state index contributed by atoms with van der Waals surface area (Å²) in [5, 5.41) is 27.9. The normalized spacial score (nSPS) is 16.0. The maximum Gasteiger partial charge on any atom is 0.223 e. The lowest BCUT2D eigenvalue weighted by Gasteiger charge is -2.25. The van der Waals surface area contributed by atoms with Crippen LogP contribution in [0.4, 0.5) is 0 Å². The minimum absolute atomic E-state index is 0.00570. The Hall–Kier alpha value is -1.37. The molecule has 0 spiro atoms. The fraction of sp³-hybridized carbons (Fsp3) is 0.667. The van der Waals surface area contributed by atoms with Gasteiger partial charge in [0.25, 0.3) is 0 Å². The number of aliphatic hydroxyl groups excluding tert-OH is 2. The van der Waals surface area contributed by atoms with Crippen LogP contribution >= 0.6 is 0 Å². The molecule has 0 bridgehead atoms. The first-order chi connectivity index (χ1) is 10.2. The fourth-order valence-electron chi connectivity index (χ4n) is 3.01. The van der Waals surface area contributed by atoms with Gasteiger partial charge in [0.15, 0.2) is 5.75 Å². The summed E-state index contributed by atoms with van der Waals surface area (Å²) in [5.74, 6) is -0.221. The van der Waals surface area contributed by atoms with Crippen molar-refractivity contribution in [1.29, 1.82) is 0 Å². The molecule has 1 aliphatic carbocycles. The van der Waals surface area contributed by atoms with Crippen molar-refractivity contribution in [3.63, 3.8) is 0 Å². The van der Waals surface area contributed by atoms with Crippen LogP contribution in [0.15, 0.2) is 17.1 Å². The Morgan fingerprint density at radius 1 is 1.19 bits per heavy atom. The second kappa shape index (κ2) is 7.59. The lowest BCUT2D eigenvalue weighted by molar-refractivity contribution is 0.152. The molecule has 1 saturated carbocycles. The molecular weight excluding hydrogens is 272 g/mol. The largest absolute Gasteiger partial charge is 0.503 e. The molecule has 1 aromatic rings. The predicted octanol–water partition coefficient (Wildman–Crippen LogP) is 0.456. The topological polar surface area (TPSA) is 85.9 Å². The molecule has 0 saturated heterocycles. The van der Waals surface area contributed by atoms with E-state index in [1.54, 1.807) is 0 Å². The van der Waals surface area contributed by atoms with Crippen LogP contribution in [0, 0.1) is 0 Å². The van der Waals surface area contributed by atoms with Gasteiger partial charge in [0.1, 0.15) is 0 Å². The molecule has 118 valence electrons. The zero-order valence-electron chi connectivity index (χ0n) is 12.2. The summed E-state index contributed by atoms with van der Waals surface area (Å²) in [4.78, 5) is 13.6. The molecule has 0 aromatic carbocycles. The van der Waals surface area contributed by atoms with Crippen LogP contribution in [0.1, 0.15) is 37.4 Å². The molecule has 6 nitrogen and oxygen atoms in total. The van der Waals surface area contributed by atoms with Crippen molar-refractivity contribution in [3.05, 3.63) is 28.2 Å². The van der Waals surface area contributed by atoms with Gasteiger partial charge in [0.05, 0.1) is 19.4 Å². The van der Waals surface area contributed by atoms with E-state index in [2.05, 4.69) is 0 Å². The van der Waals surface area contributed by atoms with Gasteiger partial charge in [-0.25, -0.2) is 0 Å². The minimum Gasteiger partial charge on any atom is -0.503 e. The summed E-state index contributed by atoms with van der Waals surface area (Å²) in [6, 6.07) is 1.78. The van der Waals surface area contributed by atoms with Crippen molar-refractivity contribution < 1.29 is 15.3 Å². The monoisotopic (exact) mass is 296 g/mol. The first kappa shape index (κ1) is 16.0. The Labute approximate surface area is 124 Å². The number of hydrogen-bond acceptors (Lipinski definition) is 5. The van der Waals surface area contributed by atoms with E-state index in [1.807, 2.05) is 9.47 Å². The van der Waals surface area contributed by atoms with E-state index in [0.29, 0.717) is 25.7 Å². The molecule has 21 heavy (non-hydrogen) atoms. The summed E-state index contributed by atoms with van der Waals surface area (Å²) < 4.78 is 1.99. The standard InChI is InChI=1S/C15H24N2O4/c18-7-5-16(6-8-19)10-13-9-14(20)15(21)11-17(13)12-3-1-2-4-12/h9,11-12,18-19,21H,1-8,10H2. The number of rotatable bonds is 7. The predicted molar refractivity (Wildman–Crippen MR) is 79.3 cm³/mol. The summed E-state index contributed by atoms with van der Waals surface area (Å²) in [5.41, 5.74) is 0.443. The molecule has 0 unspecified atom stereocenters. The van der Waals surface area contributed by atoms with Crippen LogP contribution in [0.25, 0.3) is 0 Å². The van der Waals surface area contributed by atoms with Gasteiger partial charge in [-0.15, -0.1) is 0 Å². The van der Waals surface area contributed by atoms with Gasteiger partial charge in [0.2, 0.25) is 5.43 Å². The van der Waals surface area contributed by atoms with Gasteiger partial charge < -0.3 is 19.9 Å². The number of hydrogen-bond donors (Lipinski definition) is 3. The third kappa shape index (κ3) is 4.06. The average molecular weight is 296 g/mol. The summed E-state index contributed by atoms with van der Waals surface area (Å²) in [7, 11) is 0. The molecule has 0 radical (unpaired) electrons. The number of aromatic hydroxyl groups is 1. The highest BCUT2D eigenvalue weighted by Gasteiger charge is 2.20. The van der Waals surface area contributed by atoms with Crippen LogP contribution in [-0.2, 0) is 6.54 Å². The Morgan fingerprint density at radius 2 is 1.81 bits per heavy atom. The SMILES string of the molecule is O=c1cc(CN(CCO)CCO)n(C2CCCC2)cc1O. The van der Waals surface area contributed by atoms with E-state index >= 15 is 0 Å². The summed E-state index contributed by atoms with van der Waals surface area (Å²) >= 11 is 0. The highest BCUT2D eigenvalue weighted by atomic mass is 16.3. The van der Waals surface area contributed by atoms with E-state index in [1.165, 1.54) is 12.3 Å². The number of aliphatic hydroxyl groups is 2. The van der Waals surface area contributed by atoms with E-state index in [-0.39, 0.29) is 24.4 Å². The maximum absolute atomic E-state index is 11.7. The summed E-state index contributed by atoms with van der Waals surface area (Å²) in [6.45, 7) is 1.38. The third-order valence-electron chi connectivity index (χ3n) is 4.08. The fourth-order valence-corrected chi connectivity index (χ4v) is 3.01. The van der Waals surface area contributed by atoms with Crippen molar-refractivity contribution in [2.75, 3.05) is 26.3 Å². The van der Waals surface area contributed by atoms with Crippen molar-refractivity contribution in [2.45, 2.75) is 38.3 Å². The van der Waals surface area contributed by atoms with Gasteiger partial charge >= 0.3 is 0 Å². The molecule has 0 aliphatic heterocycles.